The number of ether oxygens (including phenoxy) is 1. The molecule has 0 bridgehead atoms. The zero-order chi connectivity index (χ0) is 21.1. The van der Waals surface area contributed by atoms with E-state index < -0.39 is 28.0 Å². The van der Waals surface area contributed by atoms with Gasteiger partial charge in [-0.05, 0) is 39.0 Å². The molecule has 1 amide bonds. The first kappa shape index (κ1) is 21.6. The van der Waals surface area contributed by atoms with Crippen LogP contribution in [-0.2, 0) is 30.8 Å². The first-order valence-corrected chi connectivity index (χ1v) is 9.91. The molecule has 9 nitrogen and oxygen atoms in total. The Bertz CT molecular complexity index is 961. The van der Waals surface area contributed by atoms with E-state index >= 15 is 0 Å². The Hall–Kier alpha value is -2.72. The minimum absolute atomic E-state index is 0.0401. The van der Waals surface area contributed by atoms with Crippen molar-refractivity contribution in [3.05, 3.63) is 41.3 Å². The van der Waals surface area contributed by atoms with Crippen LogP contribution in [-0.4, -0.2) is 50.0 Å². The molecule has 0 spiro atoms. The lowest BCUT2D eigenvalue weighted by Gasteiger charge is -2.15. The molecule has 28 heavy (non-hydrogen) atoms. The van der Waals surface area contributed by atoms with Crippen LogP contribution < -0.4 is 5.32 Å². The van der Waals surface area contributed by atoms with Gasteiger partial charge in [-0.3, -0.25) is 9.59 Å². The average molecular weight is 409 g/mol. The molecule has 1 heterocycles. The van der Waals surface area contributed by atoms with Crippen molar-refractivity contribution in [3.63, 3.8) is 0 Å². The van der Waals surface area contributed by atoms with Gasteiger partial charge < -0.3 is 14.6 Å². The summed E-state index contributed by atoms with van der Waals surface area (Å²) in [5, 5.41) is 6.32. The lowest BCUT2D eigenvalue weighted by molar-refractivity contribution is -0.152. The van der Waals surface area contributed by atoms with Gasteiger partial charge >= 0.3 is 5.97 Å². The summed E-state index contributed by atoms with van der Waals surface area (Å²) in [6.07, 6.45) is -1.13. The summed E-state index contributed by atoms with van der Waals surface area (Å²) in [5.74, 6) is -0.655. The van der Waals surface area contributed by atoms with Crippen molar-refractivity contribution in [2.24, 2.45) is 0 Å². The number of rotatable bonds is 7. The molecular formula is C18H23N3O6S. The van der Waals surface area contributed by atoms with Crippen LogP contribution in [0.15, 0.2) is 33.7 Å². The number of benzene rings is 1. The van der Waals surface area contributed by atoms with Gasteiger partial charge in [0.15, 0.2) is 6.10 Å². The van der Waals surface area contributed by atoms with Crippen molar-refractivity contribution >= 4 is 27.6 Å². The first-order chi connectivity index (χ1) is 13.0. The van der Waals surface area contributed by atoms with E-state index in [9.17, 15) is 18.0 Å². The molecule has 1 unspecified atom stereocenters. The Morgan fingerprint density at radius 3 is 2.54 bits per heavy atom. The van der Waals surface area contributed by atoms with Gasteiger partial charge in [0.25, 0.3) is 5.91 Å². The number of hydrogen-bond acceptors (Lipinski definition) is 7. The first-order valence-electron chi connectivity index (χ1n) is 8.47. The summed E-state index contributed by atoms with van der Waals surface area (Å²) >= 11 is 0. The van der Waals surface area contributed by atoms with Crippen LogP contribution >= 0.6 is 0 Å². The highest BCUT2D eigenvalue weighted by Gasteiger charge is 2.22. The van der Waals surface area contributed by atoms with E-state index in [4.69, 9.17) is 9.26 Å². The molecule has 152 valence electrons. The van der Waals surface area contributed by atoms with E-state index in [2.05, 4.69) is 10.5 Å². The molecule has 10 heteroatoms. The van der Waals surface area contributed by atoms with Crippen molar-refractivity contribution in [3.8, 4) is 0 Å². The maximum Gasteiger partial charge on any atom is 0.311 e. The topological polar surface area (TPSA) is 119 Å². The summed E-state index contributed by atoms with van der Waals surface area (Å²) in [6, 6.07) is 5.83. The molecule has 1 aromatic heterocycles. The molecule has 0 saturated carbocycles. The highest BCUT2D eigenvalue weighted by Crippen LogP contribution is 2.18. The zero-order valence-corrected chi connectivity index (χ0v) is 17.2. The van der Waals surface area contributed by atoms with Crippen LogP contribution in [0.4, 0.5) is 5.69 Å². The quantitative estimate of drug-likeness (QED) is 0.691. The van der Waals surface area contributed by atoms with Gasteiger partial charge in [0.05, 0.1) is 17.0 Å². The van der Waals surface area contributed by atoms with Gasteiger partial charge in [0.1, 0.15) is 5.76 Å². The summed E-state index contributed by atoms with van der Waals surface area (Å²) in [7, 11) is -0.794. The number of amides is 1. The van der Waals surface area contributed by atoms with Crippen molar-refractivity contribution in [1.82, 2.24) is 9.46 Å². The second-order valence-electron chi connectivity index (χ2n) is 6.42. The molecular weight excluding hydrogens is 386 g/mol. The normalized spacial score (nSPS) is 12.6. The van der Waals surface area contributed by atoms with Crippen LogP contribution in [0.25, 0.3) is 0 Å². The standard InChI is InChI=1S/C18H23N3O6S/c1-11-16(12(2)27-20-11)10-17(22)26-13(3)18(23)19-14-7-6-8-15(9-14)28(24,25)21(4)5/h6-9,13H,10H2,1-5H3,(H,19,23). The fourth-order valence-electron chi connectivity index (χ4n) is 2.38. The second kappa shape index (κ2) is 8.53. The summed E-state index contributed by atoms with van der Waals surface area (Å²) in [5.41, 5.74) is 1.49. The smallest absolute Gasteiger partial charge is 0.311 e. The average Bonchev–Trinajstić information content (AvgIpc) is 2.93. The maximum atomic E-state index is 12.3. The van der Waals surface area contributed by atoms with Crippen molar-refractivity contribution in [2.45, 2.75) is 38.2 Å². The number of aryl methyl sites for hydroxylation is 2. The predicted molar refractivity (Wildman–Crippen MR) is 101 cm³/mol. The number of anilines is 1. The fraction of sp³-hybridized carbons (Fsp3) is 0.389. The highest BCUT2D eigenvalue weighted by molar-refractivity contribution is 7.89. The van der Waals surface area contributed by atoms with E-state index in [1.807, 2.05) is 0 Å². The van der Waals surface area contributed by atoms with Crippen LogP contribution in [0.5, 0.6) is 0 Å². The Labute approximate surface area is 163 Å². The van der Waals surface area contributed by atoms with Crippen LogP contribution in [0, 0.1) is 13.8 Å². The third-order valence-electron chi connectivity index (χ3n) is 4.06. The Morgan fingerprint density at radius 1 is 1.29 bits per heavy atom. The van der Waals surface area contributed by atoms with E-state index in [0.717, 1.165) is 4.31 Å². The maximum absolute atomic E-state index is 12.3. The molecule has 0 aliphatic rings. The third kappa shape index (κ3) is 4.96. The number of esters is 1. The predicted octanol–water partition coefficient (Wildman–Crippen LogP) is 1.65. The number of nitrogens with zero attached hydrogens (tertiary/aromatic N) is 2. The summed E-state index contributed by atoms with van der Waals surface area (Å²) in [4.78, 5) is 24.4. The number of aromatic nitrogens is 1. The van der Waals surface area contributed by atoms with Gasteiger partial charge in [-0.25, -0.2) is 12.7 Å². The van der Waals surface area contributed by atoms with Crippen LogP contribution in [0.3, 0.4) is 0 Å². The van der Waals surface area contributed by atoms with Gasteiger partial charge in [-0.15, -0.1) is 0 Å². The third-order valence-corrected chi connectivity index (χ3v) is 5.87. The molecule has 0 radical (unpaired) electrons. The van der Waals surface area contributed by atoms with Crippen LogP contribution in [0.1, 0.15) is 23.9 Å². The Balaban J connectivity index is 2.02. The minimum Gasteiger partial charge on any atom is -0.452 e. The molecule has 2 aromatic rings. The lowest BCUT2D eigenvalue weighted by atomic mass is 10.1. The second-order valence-corrected chi connectivity index (χ2v) is 8.57. The molecule has 1 aromatic carbocycles. The number of carbonyl (C=O) groups is 2. The van der Waals surface area contributed by atoms with E-state index in [1.165, 1.54) is 39.2 Å². The molecule has 0 fully saturated rings. The van der Waals surface area contributed by atoms with Gasteiger partial charge in [-0.1, -0.05) is 11.2 Å². The molecule has 1 N–H and O–H groups in total. The number of hydrogen-bond donors (Lipinski definition) is 1. The van der Waals surface area contributed by atoms with Crippen molar-refractivity contribution in [1.29, 1.82) is 0 Å². The van der Waals surface area contributed by atoms with Crippen LogP contribution in [0.2, 0.25) is 0 Å². The summed E-state index contributed by atoms with van der Waals surface area (Å²) in [6.45, 7) is 4.83. The minimum atomic E-state index is -3.63. The summed E-state index contributed by atoms with van der Waals surface area (Å²) < 4.78 is 35.6. The Morgan fingerprint density at radius 2 is 1.96 bits per heavy atom. The highest BCUT2D eigenvalue weighted by atomic mass is 32.2. The van der Waals surface area contributed by atoms with E-state index in [1.54, 1.807) is 19.9 Å². The van der Waals surface area contributed by atoms with Gasteiger partial charge in [0.2, 0.25) is 10.0 Å². The van der Waals surface area contributed by atoms with E-state index in [0.29, 0.717) is 17.0 Å². The zero-order valence-electron chi connectivity index (χ0n) is 16.3. The monoisotopic (exact) mass is 409 g/mol. The number of sulfonamides is 1. The molecule has 2 rings (SSSR count). The largest absolute Gasteiger partial charge is 0.452 e. The Kier molecular flexibility index (Phi) is 6.57. The molecule has 0 aliphatic carbocycles. The van der Waals surface area contributed by atoms with E-state index in [-0.39, 0.29) is 17.0 Å². The van der Waals surface area contributed by atoms with Crippen molar-refractivity contribution < 1.29 is 27.3 Å². The number of carbonyl (C=O) groups excluding carboxylic acids is 2. The number of nitrogens with one attached hydrogen (secondary N) is 1. The van der Waals surface area contributed by atoms with Gasteiger partial charge in [0, 0.05) is 25.3 Å². The molecule has 0 saturated heterocycles. The lowest BCUT2D eigenvalue weighted by Crippen LogP contribution is -2.30. The van der Waals surface area contributed by atoms with Gasteiger partial charge in [-0.2, -0.15) is 0 Å². The molecule has 0 aliphatic heterocycles. The fourth-order valence-corrected chi connectivity index (χ4v) is 3.33. The molecule has 1 atom stereocenters. The SMILES string of the molecule is Cc1noc(C)c1CC(=O)OC(C)C(=O)Nc1cccc(S(=O)(=O)N(C)C)c1. The van der Waals surface area contributed by atoms with Crippen molar-refractivity contribution in [2.75, 3.05) is 19.4 Å².